The fraction of sp³-hybridized carbons (Fsp3) is 0.381. The molecule has 23 heavy (non-hydrogen) atoms. The molecule has 0 aromatic heterocycles. The Morgan fingerprint density at radius 3 is 2.26 bits per heavy atom. The fourth-order valence-electron chi connectivity index (χ4n) is 2.64. The van der Waals surface area contributed by atoms with Gasteiger partial charge in [0, 0.05) is 0 Å². The molecule has 0 aliphatic heterocycles. The number of benzene rings is 2. The number of nitrogens with zero attached hydrogens (tertiary/aromatic N) is 1. The van der Waals surface area contributed by atoms with Gasteiger partial charge >= 0.3 is 0 Å². The molecule has 0 bridgehead atoms. The molecule has 2 heteroatoms. The Hall–Kier alpha value is -2.27. The molecule has 1 unspecified atom stereocenters. The van der Waals surface area contributed by atoms with Crippen molar-refractivity contribution in [1.82, 2.24) is 0 Å². The average molecular weight is 307 g/mol. The smallest absolute Gasteiger partial charge is 0.119 e. The quantitative estimate of drug-likeness (QED) is 0.637. The van der Waals surface area contributed by atoms with Gasteiger partial charge in [0.2, 0.25) is 0 Å². The van der Waals surface area contributed by atoms with Crippen molar-refractivity contribution in [1.29, 1.82) is 5.26 Å². The van der Waals surface area contributed by atoms with Crippen LogP contribution in [-0.4, -0.2) is 6.61 Å². The van der Waals surface area contributed by atoms with E-state index in [-0.39, 0.29) is 0 Å². The molecule has 0 radical (unpaired) electrons. The Morgan fingerprint density at radius 1 is 1.04 bits per heavy atom. The van der Waals surface area contributed by atoms with Crippen LogP contribution < -0.4 is 4.74 Å². The van der Waals surface area contributed by atoms with E-state index in [2.05, 4.69) is 32.0 Å². The largest absolute Gasteiger partial charge is 0.494 e. The standard InChI is InChI=1S/C21H25NO/c1-17(2)18-10-12-20(13-11-18)23-15-7-14-21(3,16-22)19-8-5-4-6-9-19/h4-6,8-13,17H,7,14-15H2,1-3H3. The predicted octanol–water partition coefficient (Wildman–Crippen LogP) is 5.45. The van der Waals surface area contributed by atoms with Crippen molar-refractivity contribution in [3.63, 3.8) is 0 Å². The summed E-state index contributed by atoms with van der Waals surface area (Å²) < 4.78 is 5.81. The van der Waals surface area contributed by atoms with E-state index in [0.29, 0.717) is 12.5 Å². The summed E-state index contributed by atoms with van der Waals surface area (Å²) in [4.78, 5) is 0. The van der Waals surface area contributed by atoms with Crippen LogP contribution in [0.15, 0.2) is 54.6 Å². The Kier molecular flexibility index (Phi) is 5.82. The maximum Gasteiger partial charge on any atom is 0.119 e. The van der Waals surface area contributed by atoms with Crippen LogP contribution in [0.3, 0.4) is 0 Å². The van der Waals surface area contributed by atoms with Gasteiger partial charge in [-0.1, -0.05) is 56.3 Å². The second-order valence-electron chi connectivity index (χ2n) is 6.49. The first kappa shape index (κ1) is 17.1. The zero-order chi connectivity index (χ0) is 16.7. The van der Waals surface area contributed by atoms with Gasteiger partial charge in [-0.15, -0.1) is 0 Å². The second-order valence-corrected chi connectivity index (χ2v) is 6.49. The molecule has 0 spiro atoms. The molecule has 1 atom stereocenters. The average Bonchev–Trinajstić information content (AvgIpc) is 2.59. The highest BCUT2D eigenvalue weighted by Gasteiger charge is 2.25. The van der Waals surface area contributed by atoms with E-state index in [4.69, 9.17) is 4.74 Å². The fourth-order valence-corrected chi connectivity index (χ4v) is 2.64. The molecule has 120 valence electrons. The topological polar surface area (TPSA) is 33.0 Å². The van der Waals surface area contributed by atoms with E-state index in [1.54, 1.807) is 0 Å². The number of ether oxygens (including phenoxy) is 1. The van der Waals surface area contributed by atoms with Crippen molar-refractivity contribution < 1.29 is 4.74 Å². The molecule has 2 rings (SSSR count). The Morgan fingerprint density at radius 2 is 1.70 bits per heavy atom. The molecule has 0 saturated carbocycles. The van der Waals surface area contributed by atoms with E-state index in [1.165, 1.54) is 5.56 Å². The lowest BCUT2D eigenvalue weighted by Gasteiger charge is -2.22. The van der Waals surface area contributed by atoms with E-state index < -0.39 is 5.41 Å². The lowest BCUT2D eigenvalue weighted by molar-refractivity contribution is 0.295. The van der Waals surface area contributed by atoms with E-state index in [0.717, 1.165) is 24.2 Å². The molecule has 0 aliphatic carbocycles. The van der Waals surface area contributed by atoms with Gasteiger partial charge in [-0.05, 0) is 48.9 Å². The molecular weight excluding hydrogens is 282 g/mol. The maximum atomic E-state index is 9.55. The molecule has 2 aromatic carbocycles. The van der Waals surface area contributed by atoms with Crippen LogP contribution in [0.4, 0.5) is 0 Å². The van der Waals surface area contributed by atoms with Crippen LogP contribution in [0.1, 0.15) is 50.7 Å². The van der Waals surface area contributed by atoms with Gasteiger partial charge in [0.05, 0.1) is 18.1 Å². The Bertz CT molecular complexity index is 640. The summed E-state index contributed by atoms with van der Waals surface area (Å²) in [6.07, 6.45) is 1.64. The first-order valence-electron chi connectivity index (χ1n) is 8.25. The lowest BCUT2D eigenvalue weighted by atomic mass is 9.80. The maximum absolute atomic E-state index is 9.55. The summed E-state index contributed by atoms with van der Waals surface area (Å²) in [5, 5.41) is 9.55. The molecule has 0 amide bonds. The summed E-state index contributed by atoms with van der Waals surface area (Å²) in [6, 6.07) is 20.7. The van der Waals surface area contributed by atoms with Gasteiger partial charge in [-0.2, -0.15) is 5.26 Å². The van der Waals surface area contributed by atoms with Gasteiger partial charge in [-0.3, -0.25) is 0 Å². The van der Waals surface area contributed by atoms with Gasteiger partial charge in [0.1, 0.15) is 5.75 Å². The third-order valence-corrected chi connectivity index (χ3v) is 4.29. The van der Waals surface area contributed by atoms with Crippen molar-refractivity contribution in [2.75, 3.05) is 6.61 Å². The number of nitriles is 1. The zero-order valence-electron chi connectivity index (χ0n) is 14.3. The third kappa shape index (κ3) is 4.60. The van der Waals surface area contributed by atoms with E-state index in [1.807, 2.05) is 49.4 Å². The minimum atomic E-state index is -0.452. The monoisotopic (exact) mass is 307 g/mol. The van der Waals surface area contributed by atoms with Crippen molar-refractivity contribution in [3.05, 3.63) is 65.7 Å². The predicted molar refractivity (Wildman–Crippen MR) is 94.7 cm³/mol. The van der Waals surface area contributed by atoms with Crippen molar-refractivity contribution in [2.24, 2.45) is 0 Å². The summed E-state index contributed by atoms with van der Waals surface area (Å²) in [6.45, 7) is 7.00. The first-order chi connectivity index (χ1) is 11.0. The van der Waals surface area contributed by atoms with Crippen molar-refractivity contribution in [3.8, 4) is 11.8 Å². The van der Waals surface area contributed by atoms with Crippen LogP contribution in [0.25, 0.3) is 0 Å². The molecule has 0 heterocycles. The van der Waals surface area contributed by atoms with Crippen LogP contribution in [0.2, 0.25) is 0 Å². The lowest BCUT2D eigenvalue weighted by Crippen LogP contribution is -2.20. The second kappa shape index (κ2) is 7.83. The molecule has 0 aliphatic rings. The van der Waals surface area contributed by atoms with Crippen LogP contribution in [-0.2, 0) is 5.41 Å². The van der Waals surface area contributed by atoms with Crippen molar-refractivity contribution in [2.45, 2.75) is 44.9 Å². The Labute approximate surface area is 139 Å². The van der Waals surface area contributed by atoms with Crippen molar-refractivity contribution >= 4 is 0 Å². The molecule has 2 aromatic rings. The summed E-state index contributed by atoms with van der Waals surface area (Å²) in [5.74, 6) is 1.43. The minimum Gasteiger partial charge on any atom is -0.494 e. The summed E-state index contributed by atoms with van der Waals surface area (Å²) in [5.41, 5.74) is 1.94. The van der Waals surface area contributed by atoms with Crippen LogP contribution in [0, 0.1) is 11.3 Å². The highest BCUT2D eigenvalue weighted by molar-refractivity contribution is 5.31. The molecule has 2 nitrogen and oxygen atoms in total. The molecule has 0 N–H and O–H groups in total. The zero-order valence-corrected chi connectivity index (χ0v) is 14.3. The summed E-state index contributed by atoms with van der Waals surface area (Å²) in [7, 11) is 0. The number of hydrogen-bond acceptors (Lipinski definition) is 2. The SMILES string of the molecule is CC(C)c1ccc(OCCCC(C)(C#N)c2ccccc2)cc1. The Balaban J connectivity index is 1.86. The molecule has 0 saturated heterocycles. The summed E-state index contributed by atoms with van der Waals surface area (Å²) >= 11 is 0. The van der Waals surface area contributed by atoms with E-state index >= 15 is 0 Å². The van der Waals surface area contributed by atoms with Gasteiger partial charge < -0.3 is 4.74 Å². The highest BCUT2D eigenvalue weighted by atomic mass is 16.5. The normalized spacial score (nSPS) is 13.3. The molecule has 0 fully saturated rings. The van der Waals surface area contributed by atoms with Gasteiger partial charge in [0.15, 0.2) is 0 Å². The number of hydrogen-bond donors (Lipinski definition) is 0. The number of rotatable bonds is 7. The van der Waals surface area contributed by atoms with Gasteiger partial charge in [0.25, 0.3) is 0 Å². The minimum absolute atomic E-state index is 0.452. The highest BCUT2D eigenvalue weighted by Crippen LogP contribution is 2.28. The first-order valence-corrected chi connectivity index (χ1v) is 8.25. The van der Waals surface area contributed by atoms with Gasteiger partial charge in [-0.25, -0.2) is 0 Å². The van der Waals surface area contributed by atoms with E-state index in [9.17, 15) is 5.26 Å². The third-order valence-electron chi connectivity index (χ3n) is 4.29. The molecular formula is C21H25NO. The van der Waals surface area contributed by atoms with Crippen LogP contribution in [0.5, 0.6) is 5.75 Å². The van der Waals surface area contributed by atoms with Crippen LogP contribution >= 0.6 is 0 Å².